The summed E-state index contributed by atoms with van der Waals surface area (Å²) in [5, 5.41) is 9.77. The fourth-order valence-corrected chi connectivity index (χ4v) is 3.46. The Labute approximate surface area is 165 Å². The first-order valence-corrected chi connectivity index (χ1v) is 8.70. The summed E-state index contributed by atoms with van der Waals surface area (Å²) >= 11 is 6.32. The summed E-state index contributed by atoms with van der Waals surface area (Å²) in [7, 11) is 0. The van der Waals surface area contributed by atoms with E-state index < -0.39 is 23.6 Å². The molecule has 144 valence electrons. The molecule has 28 heavy (non-hydrogen) atoms. The summed E-state index contributed by atoms with van der Waals surface area (Å²) in [5.74, 6) is -3.41. The Hall–Kier alpha value is -3.19. The van der Waals surface area contributed by atoms with Gasteiger partial charge >= 0.3 is 5.97 Å². The summed E-state index contributed by atoms with van der Waals surface area (Å²) in [4.78, 5) is 37.2. The van der Waals surface area contributed by atoms with Crippen LogP contribution >= 0.6 is 11.6 Å². The summed E-state index contributed by atoms with van der Waals surface area (Å²) in [6.07, 6.45) is 1.09. The average Bonchev–Trinajstić information content (AvgIpc) is 2.64. The van der Waals surface area contributed by atoms with E-state index in [-0.39, 0.29) is 34.2 Å². The summed E-state index contributed by atoms with van der Waals surface area (Å²) in [6.45, 7) is 1.59. The molecule has 1 heterocycles. The van der Waals surface area contributed by atoms with Crippen molar-refractivity contribution in [1.82, 2.24) is 0 Å². The van der Waals surface area contributed by atoms with E-state index in [2.05, 4.69) is 0 Å². The fourth-order valence-electron chi connectivity index (χ4n) is 3.21. The Bertz CT molecular complexity index is 1020. The van der Waals surface area contributed by atoms with Gasteiger partial charge in [0.05, 0.1) is 16.3 Å². The highest BCUT2D eigenvalue weighted by Crippen LogP contribution is 2.38. The maximum Gasteiger partial charge on any atom is 0.333 e. The van der Waals surface area contributed by atoms with Crippen molar-refractivity contribution in [1.29, 1.82) is 0 Å². The van der Waals surface area contributed by atoms with E-state index in [1.165, 1.54) is 42.6 Å². The minimum absolute atomic E-state index is 0.0288. The van der Waals surface area contributed by atoms with E-state index in [4.69, 9.17) is 17.3 Å². The van der Waals surface area contributed by atoms with Crippen molar-refractivity contribution in [2.75, 3.05) is 4.90 Å². The third-order valence-corrected chi connectivity index (χ3v) is 5.18. The van der Waals surface area contributed by atoms with Crippen LogP contribution in [0.15, 0.2) is 48.2 Å². The van der Waals surface area contributed by atoms with Crippen molar-refractivity contribution in [3.05, 3.63) is 75.7 Å². The largest absolute Gasteiger partial charge is 0.478 e. The molecule has 0 bridgehead atoms. The molecule has 1 atom stereocenters. The quantitative estimate of drug-likeness (QED) is 0.818. The van der Waals surface area contributed by atoms with E-state index >= 15 is 0 Å². The van der Waals surface area contributed by atoms with Crippen LogP contribution in [0.3, 0.4) is 0 Å². The molecule has 8 heteroatoms. The third-order valence-electron chi connectivity index (χ3n) is 4.70. The molecule has 2 aromatic carbocycles. The van der Waals surface area contributed by atoms with Crippen LogP contribution in [0.5, 0.6) is 0 Å². The number of hydrogen-bond donors (Lipinski definition) is 2. The summed E-state index contributed by atoms with van der Waals surface area (Å²) in [6, 6.07) is 8.23. The Kier molecular flexibility index (Phi) is 5.20. The molecule has 1 aliphatic heterocycles. The molecular formula is C20H16ClFN2O4. The van der Waals surface area contributed by atoms with E-state index in [9.17, 15) is 23.9 Å². The first-order valence-electron chi connectivity index (χ1n) is 8.32. The number of aliphatic carboxylic acids is 1. The van der Waals surface area contributed by atoms with Gasteiger partial charge in [0.2, 0.25) is 11.8 Å². The third kappa shape index (κ3) is 3.48. The number of amides is 2. The van der Waals surface area contributed by atoms with Crippen LogP contribution in [0.4, 0.5) is 10.1 Å². The van der Waals surface area contributed by atoms with Gasteiger partial charge < -0.3 is 10.8 Å². The Morgan fingerprint density at radius 3 is 2.43 bits per heavy atom. The minimum Gasteiger partial charge on any atom is -0.478 e. The number of nitrogens with zero attached hydrogens (tertiary/aromatic N) is 1. The van der Waals surface area contributed by atoms with Crippen molar-refractivity contribution >= 4 is 35.1 Å². The highest BCUT2D eigenvalue weighted by molar-refractivity contribution is 6.35. The molecule has 2 aromatic rings. The number of primary amides is 1. The molecule has 0 aromatic heterocycles. The molecule has 2 amide bonds. The number of nitrogens with two attached hydrogens (primary N) is 1. The maximum atomic E-state index is 13.2. The van der Waals surface area contributed by atoms with Gasteiger partial charge in [-0.3, -0.25) is 14.5 Å². The zero-order valence-corrected chi connectivity index (χ0v) is 15.5. The zero-order valence-electron chi connectivity index (χ0n) is 14.8. The molecule has 1 unspecified atom stereocenters. The van der Waals surface area contributed by atoms with Gasteiger partial charge in [0, 0.05) is 24.1 Å². The number of halogens is 2. The van der Waals surface area contributed by atoms with Crippen molar-refractivity contribution in [3.8, 4) is 0 Å². The summed E-state index contributed by atoms with van der Waals surface area (Å²) < 4.78 is 13.2. The van der Waals surface area contributed by atoms with Crippen LogP contribution in [-0.2, 0) is 9.59 Å². The number of anilines is 1. The SMILES string of the molecule is Cc1c(C(N)=O)ccc(N2C=C(C(=O)O)C(c3ccc(F)cc3)CC2=O)c1Cl. The number of carbonyl (C=O) groups is 3. The normalized spacial score (nSPS) is 16.7. The monoisotopic (exact) mass is 402 g/mol. The Morgan fingerprint density at radius 2 is 1.86 bits per heavy atom. The smallest absolute Gasteiger partial charge is 0.333 e. The molecule has 3 rings (SSSR count). The number of benzene rings is 2. The number of rotatable bonds is 4. The Balaban J connectivity index is 2.08. The standard InChI is InChI=1S/C20H16ClFN2O4/c1-10-13(19(23)26)6-7-16(18(10)21)24-9-15(20(27)28)14(8-17(24)25)11-2-4-12(22)5-3-11/h2-7,9,14H,8H2,1H3,(H2,23,26)(H,27,28). The molecule has 3 N–H and O–H groups in total. The van der Waals surface area contributed by atoms with E-state index in [1.807, 2.05) is 0 Å². The predicted octanol–water partition coefficient (Wildman–Crippen LogP) is 3.38. The van der Waals surface area contributed by atoms with Gasteiger partial charge in [-0.05, 0) is 42.3 Å². The maximum absolute atomic E-state index is 13.2. The van der Waals surface area contributed by atoms with Crippen LogP contribution in [0.1, 0.15) is 33.8 Å². The molecule has 0 saturated heterocycles. The van der Waals surface area contributed by atoms with Gasteiger partial charge in [-0.25, -0.2) is 9.18 Å². The van der Waals surface area contributed by atoms with Crippen LogP contribution in [-0.4, -0.2) is 22.9 Å². The lowest BCUT2D eigenvalue weighted by Crippen LogP contribution is -2.34. The highest BCUT2D eigenvalue weighted by atomic mass is 35.5. The van der Waals surface area contributed by atoms with Gasteiger partial charge in [-0.2, -0.15) is 0 Å². The lowest BCUT2D eigenvalue weighted by molar-refractivity contribution is -0.133. The second kappa shape index (κ2) is 7.44. The number of hydrogen-bond acceptors (Lipinski definition) is 3. The summed E-state index contributed by atoms with van der Waals surface area (Å²) in [5.41, 5.74) is 6.66. The molecule has 0 fully saturated rings. The first-order chi connectivity index (χ1) is 13.2. The molecule has 1 aliphatic rings. The minimum atomic E-state index is -1.20. The number of carbonyl (C=O) groups excluding carboxylic acids is 2. The molecule has 0 radical (unpaired) electrons. The fraction of sp³-hybridized carbons (Fsp3) is 0.150. The van der Waals surface area contributed by atoms with Gasteiger partial charge in [-0.15, -0.1) is 0 Å². The molecule has 6 nitrogen and oxygen atoms in total. The van der Waals surface area contributed by atoms with E-state index in [0.717, 1.165) is 4.90 Å². The lowest BCUT2D eigenvalue weighted by Gasteiger charge is -2.30. The zero-order chi connectivity index (χ0) is 20.6. The van der Waals surface area contributed by atoms with Gasteiger partial charge in [0.25, 0.3) is 0 Å². The molecular weight excluding hydrogens is 387 g/mol. The van der Waals surface area contributed by atoms with Crippen molar-refractivity contribution in [2.45, 2.75) is 19.3 Å². The molecule has 0 spiro atoms. The second-order valence-electron chi connectivity index (χ2n) is 6.40. The molecule has 0 saturated carbocycles. The van der Waals surface area contributed by atoms with Gasteiger partial charge in [0.1, 0.15) is 5.82 Å². The number of carboxylic acid groups (broad SMARTS) is 1. The van der Waals surface area contributed by atoms with Crippen molar-refractivity contribution in [2.24, 2.45) is 5.73 Å². The second-order valence-corrected chi connectivity index (χ2v) is 6.78. The number of carboxylic acids is 1. The molecule has 0 aliphatic carbocycles. The van der Waals surface area contributed by atoms with Gasteiger partial charge in [-0.1, -0.05) is 23.7 Å². The van der Waals surface area contributed by atoms with Crippen molar-refractivity contribution in [3.63, 3.8) is 0 Å². The Morgan fingerprint density at radius 1 is 1.21 bits per heavy atom. The van der Waals surface area contributed by atoms with E-state index in [0.29, 0.717) is 11.1 Å². The predicted molar refractivity (Wildman–Crippen MR) is 102 cm³/mol. The van der Waals surface area contributed by atoms with Crippen LogP contribution in [0.2, 0.25) is 5.02 Å². The first kappa shape index (κ1) is 19.6. The average molecular weight is 403 g/mol. The van der Waals surface area contributed by atoms with Crippen LogP contribution < -0.4 is 10.6 Å². The van der Waals surface area contributed by atoms with E-state index in [1.54, 1.807) is 6.92 Å². The lowest BCUT2D eigenvalue weighted by atomic mass is 9.86. The van der Waals surface area contributed by atoms with Crippen LogP contribution in [0.25, 0.3) is 0 Å². The van der Waals surface area contributed by atoms with Crippen molar-refractivity contribution < 1.29 is 23.9 Å². The highest BCUT2D eigenvalue weighted by Gasteiger charge is 2.34. The van der Waals surface area contributed by atoms with Crippen LogP contribution in [0, 0.1) is 12.7 Å². The topological polar surface area (TPSA) is 101 Å². The van der Waals surface area contributed by atoms with Gasteiger partial charge in [0.15, 0.2) is 0 Å².